The normalized spacial score (nSPS) is 11.8. The van der Waals surface area contributed by atoms with E-state index in [0.717, 1.165) is 11.3 Å². The molecule has 0 aliphatic heterocycles. The van der Waals surface area contributed by atoms with Gasteiger partial charge in [-0.1, -0.05) is 0 Å². The highest BCUT2D eigenvalue weighted by Gasteiger charge is 2.21. The smallest absolute Gasteiger partial charge is 0.264 e. The van der Waals surface area contributed by atoms with Crippen molar-refractivity contribution in [1.82, 2.24) is 24.5 Å². The van der Waals surface area contributed by atoms with Crippen LogP contribution in [0, 0.1) is 13.8 Å². The van der Waals surface area contributed by atoms with E-state index in [2.05, 4.69) is 15.2 Å². The van der Waals surface area contributed by atoms with Gasteiger partial charge in [-0.15, -0.1) is 0 Å². The summed E-state index contributed by atoms with van der Waals surface area (Å²) >= 11 is 0. The van der Waals surface area contributed by atoms with Gasteiger partial charge in [-0.25, -0.2) is 13.8 Å². The Morgan fingerprint density at radius 3 is 2.43 bits per heavy atom. The topological polar surface area (TPSA) is 48.5 Å². The summed E-state index contributed by atoms with van der Waals surface area (Å²) in [7, 11) is 3.51. The van der Waals surface area contributed by atoms with Crippen molar-refractivity contribution in [3.05, 3.63) is 29.2 Å². The summed E-state index contributed by atoms with van der Waals surface area (Å²) in [5.41, 5.74) is 3.10. The Balaban J connectivity index is 2.36. The maximum atomic E-state index is 13.4. The summed E-state index contributed by atoms with van der Waals surface area (Å²) in [5.74, 6) is 0. The highest BCUT2D eigenvalue weighted by molar-refractivity contribution is 5.85. The lowest BCUT2D eigenvalue weighted by Crippen LogP contribution is -1.97. The van der Waals surface area contributed by atoms with Gasteiger partial charge in [-0.2, -0.15) is 10.2 Å². The second kappa shape index (κ2) is 4.61. The standard InChI is InChI=1S/C14H15F2N5/c1-7-12-9(13(15)16)5-11(18-14(12)21(4)19-7)10-6-17-20(3)8(10)2/h5-6,13H,1-4H3. The summed E-state index contributed by atoms with van der Waals surface area (Å²) in [6, 6.07) is 1.44. The fourth-order valence-electron chi connectivity index (χ4n) is 2.54. The first-order valence-electron chi connectivity index (χ1n) is 6.51. The molecule has 0 aliphatic carbocycles. The molecule has 3 aromatic rings. The molecule has 0 radical (unpaired) electrons. The Morgan fingerprint density at radius 1 is 1.14 bits per heavy atom. The van der Waals surface area contributed by atoms with Gasteiger partial charge in [-0.05, 0) is 19.9 Å². The van der Waals surface area contributed by atoms with Crippen molar-refractivity contribution in [3.63, 3.8) is 0 Å². The number of pyridine rings is 1. The minimum absolute atomic E-state index is 0.0381. The number of alkyl halides is 2. The largest absolute Gasteiger partial charge is 0.272 e. The van der Waals surface area contributed by atoms with Crippen LogP contribution in [0.4, 0.5) is 8.78 Å². The quantitative estimate of drug-likeness (QED) is 0.729. The van der Waals surface area contributed by atoms with Crippen LogP contribution in [0.2, 0.25) is 0 Å². The van der Waals surface area contributed by atoms with Gasteiger partial charge < -0.3 is 0 Å². The number of hydrogen-bond donors (Lipinski definition) is 0. The predicted molar refractivity (Wildman–Crippen MR) is 75.1 cm³/mol. The molecular formula is C14H15F2N5. The van der Waals surface area contributed by atoms with Crippen LogP contribution >= 0.6 is 0 Å². The van der Waals surface area contributed by atoms with Crippen LogP contribution in [0.25, 0.3) is 22.3 Å². The highest BCUT2D eigenvalue weighted by atomic mass is 19.3. The molecule has 0 bridgehead atoms. The third-order valence-corrected chi connectivity index (χ3v) is 3.75. The van der Waals surface area contributed by atoms with Crippen molar-refractivity contribution in [1.29, 1.82) is 0 Å². The van der Waals surface area contributed by atoms with Gasteiger partial charge in [0.05, 0.1) is 23.0 Å². The highest BCUT2D eigenvalue weighted by Crippen LogP contribution is 2.33. The summed E-state index contributed by atoms with van der Waals surface area (Å²) in [5, 5.41) is 8.77. The van der Waals surface area contributed by atoms with Crippen molar-refractivity contribution in [3.8, 4) is 11.3 Å². The fourth-order valence-corrected chi connectivity index (χ4v) is 2.54. The number of hydrogen-bond acceptors (Lipinski definition) is 3. The van der Waals surface area contributed by atoms with Crippen molar-refractivity contribution in [2.75, 3.05) is 0 Å². The molecule has 0 spiro atoms. The number of aryl methyl sites for hydroxylation is 3. The minimum atomic E-state index is -2.57. The second-order valence-corrected chi connectivity index (χ2v) is 5.07. The number of nitrogens with zero attached hydrogens (tertiary/aromatic N) is 5. The average molecular weight is 291 g/mol. The predicted octanol–water partition coefficient (Wildman–Crippen LogP) is 2.92. The van der Waals surface area contributed by atoms with Crippen LogP contribution in [-0.4, -0.2) is 24.5 Å². The third-order valence-electron chi connectivity index (χ3n) is 3.75. The molecule has 21 heavy (non-hydrogen) atoms. The van der Waals surface area contributed by atoms with E-state index in [4.69, 9.17) is 0 Å². The van der Waals surface area contributed by atoms with Crippen LogP contribution in [0.5, 0.6) is 0 Å². The zero-order valence-corrected chi connectivity index (χ0v) is 12.2. The third kappa shape index (κ3) is 2.00. The number of aromatic nitrogens is 5. The average Bonchev–Trinajstić information content (AvgIpc) is 2.91. The van der Waals surface area contributed by atoms with E-state index in [9.17, 15) is 8.78 Å². The molecular weight excluding hydrogens is 276 g/mol. The van der Waals surface area contributed by atoms with E-state index in [0.29, 0.717) is 22.4 Å². The van der Waals surface area contributed by atoms with Gasteiger partial charge >= 0.3 is 0 Å². The summed E-state index contributed by atoms with van der Waals surface area (Å²) < 4.78 is 30.0. The molecule has 3 rings (SSSR count). The van der Waals surface area contributed by atoms with Crippen molar-refractivity contribution in [2.24, 2.45) is 14.1 Å². The zero-order chi connectivity index (χ0) is 15.3. The Labute approximate surface area is 120 Å². The van der Waals surface area contributed by atoms with E-state index in [1.54, 1.807) is 31.9 Å². The van der Waals surface area contributed by atoms with Gasteiger partial charge in [0.15, 0.2) is 5.65 Å². The van der Waals surface area contributed by atoms with E-state index < -0.39 is 6.43 Å². The molecule has 5 nitrogen and oxygen atoms in total. The van der Waals surface area contributed by atoms with E-state index in [1.165, 1.54) is 10.7 Å². The molecule has 110 valence electrons. The molecule has 0 amide bonds. The van der Waals surface area contributed by atoms with Gasteiger partial charge in [0.2, 0.25) is 0 Å². The summed E-state index contributed by atoms with van der Waals surface area (Å²) in [6.45, 7) is 3.59. The summed E-state index contributed by atoms with van der Waals surface area (Å²) in [4.78, 5) is 4.50. The maximum absolute atomic E-state index is 13.4. The Bertz CT molecular complexity index is 832. The molecule has 3 aromatic heterocycles. The SMILES string of the molecule is Cc1nn(C)c2nc(-c3cnn(C)c3C)cc(C(F)F)c12. The monoisotopic (exact) mass is 291 g/mol. The molecule has 0 fully saturated rings. The van der Waals surface area contributed by atoms with Gasteiger partial charge in [0, 0.05) is 30.9 Å². The molecule has 0 saturated heterocycles. The van der Waals surface area contributed by atoms with Gasteiger partial charge in [0.25, 0.3) is 6.43 Å². The number of fused-ring (bicyclic) bond motifs is 1. The lowest BCUT2D eigenvalue weighted by Gasteiger charge is -2.07. The first-order valence-corrected chi connectivity index (χ1v) is 6.51. The van der Waals surface area contributed by atoms with Crippen LogP contribution in [0.3, 0.4) is 0 Å². The Kier molecular flexibility index (Phi) is 3.00. The molecule has 0 aliphatic rings. The molecule has 3 heterocycles. The minimum Gasteiger partial charge on any atom is -0.272 e. The molecule has 0 unspecified atom stereocenters. The molecule has 0 saturated carbocycles. The van der Waals surface area contributed by atoms with Gasteiger partial charge in [-0.3, -0.25) is 9.36 Å². The maximum Gasteiger partial charge on any atom is 0.264 e. The lowest BCUT2D eigenvalue weighted by molar-refractivity contribution is 0.153. The Hall–Kier alpha value is -2.31. The van der Waals surface area contributed by atoms with E-state index in [1.807, 2.05) is 6.92 Å². The van der Waals surface area contributed by atoms with E-state index >= 15 is 0 Å². The molecule has 0 atom stereocenters. The van der Waals surface area contributed by atoms with Gasteiger partial charge in [0.1, 0.15) is 0 Å². The van der Waals surface area contributed by atoms with Crippen LogP contribution in [0.1, 0.15) is 23.4 Å². The zero-order valence-electron chi connectivity index (χ0n) is 12.2. The number of halogens is 2. The van der Waals surface area contributed by atoms with Crippen molar-refractivity contribution < 1.29 is 8.78 Å². The Morgan fingerprint density at radius 2 is 1.86 bits per heavy atom. The molecule has 0 aromatic carbocycles. The second-order valence-electron chi connectivity index (χ2n) is 5.07. The van der Waals surface area contributed by atoms with E-state index in [-0.39, 0.29) is 5.56 Å². The lowest BCUT2D eigenvalue weighted by atomic mass is 10.1. The molecule has 0 N–H and O–H groups in total. The number of rotatable bonds is 2. The van der Waals surface area contributed by atoms with Crippen molar-refractivity contribution >= 4 is 11.0 Å². The first-order chi connectivity index (χ1) is 9.90. The van der Waals surface area contributed by atoms with Crippen LogP contribution < -0.4 is 0 Å². The fraction of sp³-hybridized carbons (Fsp3) is 0.357. The van der Waals surface area contributed by atoms with Crippen LogP contribution in [0.15, 0.2) is 12.3 Å². The molecule has 7 heteroatoms. The first kappa shape index (κ1) is 13.7. The van der Waals surface area contributed by atoms with Crippen LogP contribution in [-0.2, 0) is 14.1 Å². The van der Waals surface area contributed by atoms with Crippen molar-refractivity contribution in [2.45, 2.75) is 20.3 Å². The summed E-state index contributed by atoms with van der Waals surface area (Å²) in [6.07, 6.45) is -0.934.